The summed E-state index contributed by atoms with van der Waals surface area (Å²) >= 11 is 3.25. The molecule has 0 atom stereocenters. The first-order valence-electron chi connectivity index (χ1n) is 5.69. The third kappa shape index (κ3) is 3.48. The molecule has 1 heterocycles. The van der Waals surface area contributed by atoms with Gasteiger partial charge in [0.05, 0.1) is 0 Å². The lowest BCUT2D eigenvalue weighted by Gasteiger charge is -2.21. The molecule has 2 rings (SSSR count). The zero-order valence-corrected chi connectivity index (χ0v) is 12.1. The largest absolute Gasteiger partial charge is 0.434 e. The Bertz CT molecular complexity index is 635. The van der Waals surface area contributed by atoms with Crippen LogP contribution in [0.15, 0.2) is 30.5 Å². The highest BCUT2D eigenvalue weighted by molar-refractivity contribution is 9.08. The summed E-state index contributed by atoms with van der Waals surface area (Å²) in [7, 11) is 5.07. The molecule has 110 valence electrons. The molecular weight excluding hydrogens is 352 g/mol. The fourth-order valence-corrected chi connectivity index (χ4v) is 2.09. The lowest BCUT2D eigenvalue weighted by Crippen LogP contribution is -2.33. The van der Waals surface area contributed by atoms with E-state index in [1.54, 1.807) is 12.1 Å². The van der Waals surface area contributed by atoms with Crippen LogP contribution >= 0.6 is 15.9 Å². The molecule has 0 aliphatic carbocycles. The Hall–Kier alpha value is -1.32. The van der Waals surface area contributed by atoms with E-state index in [1.165, 1.54) is 12.1 Å². The Morgan fingerprint density at radius 1 is 1.19 bits per heavy atom. The third-order valence-corrected chi connectivity index (χ3v) is 3.36. The third-order valence-electron chi connectivity index (χ3n) is 2.72. The molecule has 4 nitrogen and oxygen atoms in total. The molecule has 0 amide bonds. The zero-order valence-electron chi connectivity index (χ0n) is 10.5. The standard InChI is InChI=1S/C12H9BBrF3N2O2/c13-12(20,21)19-6-9(11(15,16)17)18-10(19)8-3-1-7(5-14)2-4-8/h1-4,6,20-21H,5H2. The van der Waals surface area contributed by atoms with E-state index in [9.17, 15) is 23.4 Å². The second-order valence-electron chi connectivity index (χ2n) is 4.34. The summed E-state index contributed by atoms with van der Waals surface area (Å²) in [6.07, 6.45) is -4.27. The first-order chi connectivity index (χ1) is 9.63. The topological polar surface area (TPSA) is 58.3 Å². The van der Waals surface area contributed by atoms with Gasteiger partial charge in [0.15, 0.2) is 19.4 Å². The van der Waals surface area contributed by atoms with E-state index in [0.29, 0.717) is 16.1 Å². The van der Waals surface area contributed by atoms with Gasteiger partial charge in [0.25, 0.3) is 0 Å². The number of hydrogen-bond acceptors (Lipinski definition) is 3. The smallest absolute Gasteiger partial charge is 0.357 e. The van der Waals surface area contributed by atoms with Gasteiger partial charge in [-0.25, -0.2) is 4.98 Å². The summed E-state index contributed by atoms with van der Waals surface area (Å²) in [4.78, 5) is 3.40. The van der Waals surface area contributed by atoms with Gasteiger partial charge in [0.2, 0.25) is 0 Å². The number of aromatic nitrogens is 2. The van der Waals surface area contributed by atoms with Crippen molar-refractivity contribution in [1.82, 2.24) is 9.55 Å². The molecule has 0 aliphatic heterocycles. The summed E-state index contributed by atoms with van der Waals surface area (Å²) < 4.78 is 38.6. The van der Waals surface area contributed by atoms with Crippen molar-refractivity contribution in [1.29, 1.82) is 0 Å². The van der Waals surface area contributed by atoms with Crippen molar-refractivity contribution < 1.29 is 23.4 Å². The molecule has 1 aromatic heterocycles. The number of nitrogens with zero attached hydrogens (tertiary/aromatic N) is 2. The molecule has 0 saturated heterocycles. The molecule has 2 aromatic rings. The molecule has 0 fully saturated rings. The highest BCUT2D eigenvalue weighted by Crippen LogP contribution is 2.32. The fourth-order valence-electron chi connectivity index (χ4n) is 1.71. The molecule has 0 spiro atoms. The summed E-state index contributed by atoms with van der Waals surface area (Å²) in [5.41, 5.74) is -0.0898. The second kappa shape index (κ2) is 5.47. The number of hydrogen-bond donors (Lipinski definition) is 2. The van der Waals surface area contributed by atoms with Gasteiger partial charge in [-0.05, 0) is 5.56 Å². The maximum absolute atomic E-state index is 12.7. The van der Waals surface area contributed by atoms with Crippen LogP contribution in [-0.4, -0.2) is 27.6 Å². The number of benzene rings is 1. The molecule has 21 heavy (non-hydrogen) atoms. The number of aliphatic hydroxyl groups is 2. The highest BCUT2D eigenvalue weighted by Gasteiger charge is 2.37. The predicted molar refractivity (Wildman–Crippen MR) is 73.5 cm³/mol. The van der Waals surface area contributed by atoms with Crippen molar-refractivity contribution in [3.63, 3.8) is 0 Å². The molecule has 0 aliphatic rings. The minimum Gasteiger partial charge on any atom is -0.357 e. The minimum atomic E-state index is -4.72. The van der Waals surface area contributed by atoms with Crippen LogP contribution in [0.3, 0.4) is 0 Å². The Morgan fingerprint density at radius 3 is 2.19 bits per heavy atom. The van der Waals surface area contributed by atoms with Crippen LogP contribution in [-0.2, 0) is 17.3 Å². The first-order valence-corrected chi connectivity index (χ1v) is 6.81. The monoisotopic (exact) mass is 360 g/mol. The van der Waals surface area contributed by atoms with Crippen molar-refractivity contribution in [2.45, 2.75) is 17.3 Å². The highest BCUT2D eigenvalue weighted by atomic mass is 79.9. The van der Waals surface area contributed by atoms with Crippen LogP contribution in [0.4, 0.5) is 13.2 Å². The van der Waals surface area contributed by atoms with Gasteiger partial charge < -0.3 is 10.2 Å². The average molecular weight is 361 g/mol. The average Bonchev–Trinajstić information content (AvgIpc) is 2.83. The van der Waals surface area contributed by atoms with Crippen molar-refractivity contribution in [2.75, 3.05) is 0 Å². The minimum absolute atomic E-state index is 0.271. The summed E-state index contributed by atoms with van der Waals surface area (Å²) in [5, 5.41) is 19.4. The Kier molecular flexibility index (Phi) is 4.18. The van der Waals surface area contributed by atoms with E-state index in [1.807, 2.05) is 0 Å². The van der Waals surface area contributed by atoms with E-state index in [-0.39, 0.29) is 11.4 Å². The molecule has 0 unspecified atom stereocenters. The van der Waals surface area contributed by atoms with Crippen LogP contribution in [0.1, 0.15) is 11.3 Å². The molecule has 2 N–H and O–H groups in total. The summed E-state index contributed by atoms with van der Waals surface area (Å²) in [6.45, 7) is 0. The zero-order chi connectivity index (χ0) is 15.8. The van der Waals surface area contributed by atoms with Crippen LogP contribution in [0.5, 0.6) is 0 Å². The quantitative estimate of drug-likeness (QED) is 0.501. The van der Waals surface area contributed by atoms with Crippen molar-refractivity contribution in [3.05, 3.63) is 41.7 Å². The van der Waals surface area contributed by atoms with Gasteiger partial charge in [0.1, 0.15) is 5.82 Å². The lowest BCUT2D eigenvalue weighted by molar-refractivity contribution is -0.153. The van der Waals surface area contributed by atoms with Gasteiger partial charge >= 0.3 is 6.18 Å². The molecule has 2 radical (unpaired) electrons. The summed E-state index contributed by atoms with van der Waals surface area (Å²) in [5.74, 6) is -3.28. The van der Waals surface area contributed by atoms with Crippen LogP contribution < -0.4 is 0 Å². The van der Waals surface area contributed by atoms with Crippen LogP contribution in [0, 0.1) is 0 Å². The number of imidazole rings is 1. The van der Waals surface area contributed by atoms with Gasteiger partial charge in [-0.2, -0.15) is 13.2 Å². The molecule has 1 aromatic carbocycles. The maximum atomic E-state index is 12.7. The fraction of sp³-hybridized carbons (Fsp3) is 0.250. The second-order valence-corrected chi connectivity index (χ2v) is 4.90. The van der Waals surface area contributed by atoms with Gasteiger partial charge in [-0.15, -0.1) is 0 Å². The van der Waals surface area contributed by atoms with Crippen LogP contribution in [0.2, 0.25) is 0 Å². The lowest BCUT2D eigenvalue weighted by atomic mass is 10.0. The van der Waals surface area contributed by atoms with Crippen molar-refractivity contribution in [2.24, 2.45) is 0 Å². The van der Waals surface area contributed by atoms with Crippen molar-refractivity contribution >= 4 is 23.8 Å². The normalized spacial score (nSPS) is 12.7. The Balaban J connectivity index is 2.57. The van der Waals surface area contributed by atoms with Crippen molar-refractivity contribution in [3.8, 4) is 11.4 Å². The van der Waals surface area contributed by atoms with Gasteiger partial charge in [-0.1, -0.05) is 40.2 Å². The SMILES string of the molecule is [B]C(O)(O)n1cc(C(F)(F)F)nc1-c1ccc(CBr)cc1. The number of rotatable bonds is 3. The maximum Gasteiger partial charge on any atom is 0.434 e. The van der Waals surface area contributed by atoms with Crippen LogP contribution in [0.25, 0.3) is 11.4 Å². The number of halogens is 4. The molecular formula is C12H9BBrF3N2O2. The Labute approximate surface area is 127 Å². The molecule has 0 bridgehead atoms. The molecule has 0 saturated carbocycles. The Morgan fingerprint density at radius 2 is 1.76 bits per heavy atom. The van der Waals surface area contributed by atoms with E-state index >= 15 is 0 Å². The van der Waals surface area contributed by atoms with Gasteiger partial charge in [0, 0.05) is 17.1 Å². The predicted octanol–water partition coefficient (Wildman–Crippen LogP) is 2.18. The summed E-state index contributed by atoms with van der Waals surface area (Å²) in [6, 6.07) is 6.37. The van der Waals surface area contributed by atoms with E-state index in [0.717, 1.165) is 5.56 Å². The van der Waals surface area contributed by atoms with E-state index in [2.05, 4.69) is 20.9 Å². The van der Waals surface area contributed by atoms with E-state index < -0.39 is 17.7 Å². The molecule has 9 heteroatoms. The van der Waals surface area contributed by atoms with E-state index in [4.69, 9.17) is 7.85 Å². The van der Waals surface area contributed by atoms with Gasteiger partial charge in [-0.3, -0.25) is 4.57 Å². The first kappa shape index (κ1) is 16.1. The number of alkyl halides is 4.